The molecule has 0 saturated heterocycles. The van der Waals surface area contributed by atoms with Crippen LogP contribution in [0.5, 0.6) is 0 Å². The molecule has 16 heavy (non-hydrogen) atoms. The van der Waals surface area contributed by atoms with Crippen LogP contribution in [-0.4, -0.2) is 9.55 Å². The summed E-state index contributed by atoms with van der Waals surface area (Å²) in [6, 6.07) is 7.68. The lowest BCUT2D eigenvalue weighted by atomic mass is 9.92. The summed E-state index contributed by atoms with van der Waals surface area (Å²) in [6.45, 7) is 5.89. The van der Waals surface area contributed by atoms with E-state index >= 15 is 0 Å². The summed E-state index contributed by atoms with van der Waals surface area (Å²) in [5.74, 6) is 0.830. The minimum atomic E-state index is -0.508. The van der Waals surface area contributed by atoms with E-state index in [0.29, 0.717) is 0 Å². The number of nitrogens with zero attached hydrogens (tertiary/aromatic N) is 2. The molecular weight excluding hydrogens is 203 g/mol. The Morgan fingerprint density at radius 2 is 1.94 bits per heavy atom. The van der Waals surface area contributed by atoms with Gasteiger partial charge in [0.1, 0.15) is 5.82 Å². The first kappa shape index (κ1) is 11.1. The Bertz CT molecular complexity index is 494. The first-order valence-electron chi connectivity index (χ1n) is 5.51. The molecule has 0 fully saturated rings. The second-order valence-corrected chi connectivity index (χ2v) is 5.30. The predicted molar refractivity (Wildman–Crippen MR) is 64.0 cm³/mol. The monoisotopic (exact) mass is 220 g/mol. The zero-order chi connectivity index (χ0) is 11.8. The molecule has 1 aromatic heterocycles. The van der Waals surface area contributed by atoms with E-state index in [2.05, 4.69) is 25.8 Å². The molecule has 0 aliphatic carbocycles. The molecule has 86 valence electrons. The zero-order valence-corrected chi connectivity index (χ0v) is 10.00. The van der Waals surface area contributed by atoms with Gasteiger partial charge in [-0.15, -0.1) is 0 Å². The van der Waals surface area contributed by atoms with Crippen LogP contribution in [0.25, 0.3) is 11.0 Å². The van der Waals surface area contributed by atoms with Crippen molar-refractivity contribution in [1.82, 2.24) is 9.55 Å². The van der Waals surface area contributed by atoms with Crippen LogP contribution in [-0.2, 0) is 13.2 Å². The third-order valence-electron chi connectivity index (χ3n) is 2.54. The van der Waals surface area contributed by atoms with Gasteiger partial charge in [-0.1, -0.05) is 32.9 Å². The van der Waals surface area contributed by atoms with E-state index in [4.69, 9.17) is 0 Å². The standard InChI is InChI=1S/C13H17FN2/c1-13(2,3)8-12-15-10-6-4-5-7-11(10)16(12)9-14/h4-7H,8-9H2,1-3H3. The van der Waals surface area contributed by atoms with E-state index in [1.807, 2.05) is 24.3 Å². The number of imidazole rings is 1. The van der Waals surface area contributed by atoms with Crippen molar-refractivity contribution in [3.8, 4) is 0 Å². The van der Waals surface area contributed by atoms with E-state index in [-0.39, 0.29) is 5.41 Å². The van der Waals surface area contributed by atoms with Crippen LogP contribution in [0.1, 0.15) is 26.6 Å². The van der Waals surface area contributed by atoms with Gasteiger partial charge in [0, 0.05) is 6.42 Å². The normalized spacial score (nSPS) is 12.2. The van der Waals surface area contributed by atoms with Crippen molar-refractivity contribution in [1.29, 1.82) is 0 Å². The number of aromatic nitrogens is 2. The summed E-state index contributed by atoms with van der Waals surface area (Å²) < 4.78 is 14.7. The molecule has 0 bridgehead atoms. The number of rotatable bonds is 2. The second kappa shape index (κ2) is 3.89. The highest BCUT2D eigenvalue weighted by Crippen LogP contribution is 2.23. The maximum atomic E-state index is 13.0. The third-order valence-corrected chi connectivity index (χ3v) is 2.54. The summed E-state index contributed by atoms with van der Waals surface area (Å²) in [6.07, 6.45) is 0.783. The van der Waals surface area contributed by atoms with Gasteiger partial charge < -0.3 is 0 Å². The van der Waals surface area contributed by atoms with Gasteiger partial charge in [0.25, 0.3) is 0 Å². The Morgan fingerprint density at radius 3 is 2.56 bits per heavy atom. The van der Waals surface area contributed by atoms with Gasteiger partial charge in [-0.3, -0.25) is 4.57 Å². The fraction of sp³-hybridized carbons (Fsp3) is 0.462. The van der Waals surface area contributed by atoms with Crippen LogP contribution in [0.4, 0.5) is 4.39 Å². The Kier molecular flexibility index (Phi) is 2.70. The number of hydrogen-bond acceptors (Lipinski definition) is 1. The Labute approximate surface area is 95.1 Å². The average Bonchev–Trinajstić information content (AvgIpc) is 2.51. The van der Waals surface area contributed by atoms with Crippen molar-refractivity contribution in [2.75, 3.05) is 0 Å². The summed E-state index contributed by atoms with van der Waals surface area (Å²) in [7, 11) is 0. The average molecular weight is 220 g/mol. The van der Waals surface area contributed by atoms with Crippen molar-refractivity contribution in [2.45, 2.75) is 34.0 Å². The van der Waals surface area contributed by atoms with E-state index in [0.717, 1.165) is 23.3 Å². The van der Waals surface area contributed by atoms with Crippen molar-refractivity contribution in [3.63, 3.8) is 0 Å². The lowest BCUT2D eigenvalue weighted by molar-refractivity contribution is 0.346. The molecule has 0 radical (unpaired) electrons. The molecule has 2 nitrogen and oxygen atoms in total. The number of hydrogen-bond donors (Lipinski definition) is 0. The molecule has 1 heterocycles. The molecular formula is C13H17FN2. The minimum Gasteiger partial charge on any atom is -0.299 e. The van der Waals surface area contributed by atoms with Gasteiger partial charge in [-0.05, 0) is 17.5 Å². The van der Waals surface area contributed by atoms with Crippen molar-refractivity contribution in [3.05, 3.63) is 30.1 Å². The van der Waals surface area contributed by atoms with Crippen LogP contribution in [0.2, 0.25) is 0 Å². The quantitative estimate of drug-likeness (QED) is 0.756. The number of benzene rings is 1. The Hall–Kier alpha value is -1.38. The molecule has 0 saturated carbocycles. The van der Waals surface area contributed by atoms with Gasteiger partial charge in [0.2, 0.25) is 0 Å². The van der Waals surface area contributed by atoms with Crippen molar-refractivity contribution in [2.24, 2.45) is 5.41 Å². The number of fused-ring (bicyclic) bond motifs is 1. The first-order chi connectivity index (χ1) is 7.51. The number of halogens is 1. The third kappa shape index (κ3) is 2.08. The highest BCUT2D eigenvalue weighted by atomic mass is 19.1. The van der Waals surface area contributed by atoms with Crippen LogP contribution >= 0.6 is 0 Å². The summed E-state index contributed by atoms with van der Waals surface area (Å²) in [5, 5.41) is 0. The summed E-state index contributed by atoms with van der Waals surface area (Å²) in [4.78, 5) is 4.49. The van der Waals surface area contributed by atoms with Crippen LogP contribution in [0, 0.1) is 5.41 Å². The number of para-hydroxylation sites is 2. The van der Waals surface area contributed by atoms with Crippen LogP contribution < -0.4 is 0 Å². The van der Waals surface area contributed by atoms with Crippen LogP contribution in [0.15, 0.2) is 24.3 Å². The van der Waals surface area contributed by atoms with Gasteiger partial charge in [0.05, 0.1) is 11.0 Å². The summed E-state index contributed by atoms with van der Waals surface area (Å²) in [5.41, 5.74) is 1.87. The van der Waals surface area contributed by atoms with Gasteiger partial charge in [-0.25, -0.2) is 9.37 Å². The van der Waals surface area contributed by atoms with Gasteiger partial charge >= 0.3 is 0 Å². The lowest BCUT2D eigenvalue weighted by Crippen LogP contribution is -2.13. The molecule has 0 atom stereocenters. The van der Waals surface area contributed by atoms with Gasteiger partial charge in [0.15, 0.2) is 6.80 Å². The largest absolute Gasteiger partial charge is 0.299 e. The smallest absolute Gasteiger partial charge is 0.167 e. The molecule has 3 heteroatoms. The van der Waals surface area contributed by atoms with Gasteiger partial charge in [-0.2, -0.15) is 0 Å². The molecule has 1 aromatic carbocycles. The lowest BCUT2D eigenvalue weighted by Gasteiger charge is -2.17. The predicted octanol–water partition coefficient (Wildman–Crippen LogP) is 3.55. The Morgan fingerprint density at radius 1 is 1.25 bits per heavy atom. The molecule has 0 aliphatic rings. The molecule has 0 N–H and O–H groups in total. The zero-order valence-electron chi connectivity index (χ0n) is 10.00. The topological polar surface area (TPSA) is 17.8 Å². The molecule has 0 spiro atoms. The van der Waals surface area contributed by atoms with E-state index < -0.39 is 6.80 Å². The van der Waals surface area contributed by atoms with E-state index in [1.165, 1.54) is 0 Å². The van der Waals surface area contributed by atoms with Crippen LogP contribution in [0.3, 0.4) is 0 Å². The van der Waals surface area contributed by atoms with E-state index in [9.17, 15) is 4.39 Å². The van der Waals surface area contributed by atoms with Crippen molar-refractivity contribution < 1.29 is 4.39 Å². The number of alkyl halides is 1. The maximum Gasteiger partial charge on any atom is 0.167 e. The minimum absolute atomic E-state index is 0.119. The molecule has 0 aliphatic heterocycles. The summed E-state index contributed by atoms with van der Waals surface area (Å²) >= 11 is 0. The molecule has 0 unspecified atom stereocenters. The highest BCUT2D eigenvalue weighted by molar-refractivity contribution is 5.75. The molecule has 2 rings (SSSR count). The first-order valence-corrected chi connectivity index (χ1v) is 5.51. The highest BCUT2D eigenvalue weighted by Gasteiger charge is 2.17. The molecule has 0 amide bonds. The van der Waals surface area contributed by atoms with Crippen molar-refractivity contribution >= 4 is 11.0 Å². The maximum absolute atomic E-state index is 13.0. The molecule has 2 aromatic rings. The fourth-order valence-corrected chi connectivity index (χ4v) is 1.87. The fourth-order valence-electron chi connectivity index (χ4n) is 1.87. The van der Waals surface area contributed by atoms with E-state index in [1.54, 1.807) is 4.57 Å². The SMILES string of the molecule is CC(C)(C)Cc1nc2ccccc2n1CF. The Balaban J connectivity index is 2.52. The second-order valence-electron chi connectivity index (χ2n) is 5.30.